The number of nitrogens with zero attached hydrogens (tertiary/aromatic N) is 2. The highest BCUT2D eigenvalue weighted by Gasteiger charge is 2.19. The Balaban J connectivity index is 1.83. The second kappa shape index (κ2) is 7.45. The Morgan fingerprint density at radius 3 is 2.75 bits per heavy atom. The minimum Gasteiger partial charge on any atom is -0.483 e. The summed E-state index contributed by atoms with van der Waals surface area (Å²) in [4.78, 5) is 18.8. The summed E-state index contributed by atoms with van der Waals surface area (Å²) in [6, 6.07) is 8.36. The SMILES string of the molecule is [C-]#[N+]c1ccc(Oc2ccc(Br)c(C=O)c2)nc1OC1CCCC1. The van der Waals surface area contributed by atoms with Crippen LogP contribution < -0.4 is 9.47 Å². The molecule has 3 rings (SSSR count). The van der Waals surface area contributed by atoms with E-state index in [1.54, 1.807) is 30.3 Å². The van der Waals surface area contributed by atoms with Crippen molar-refractivity contribution in [1.82, 2.24) is 4.98 Å². The fourth-order valence-electron chi connectivity index (χ4n) is 2.61. The molecule has 0 spiro atoms. The summed E-state index contributed by atoms with van der Waals surface area (Å²) in [5.41, 5.74) is 0.867. The molecule has 2 aromatic rings. The van der Waals surface area contributed by atoms with Crippen LogP contribution >= 0.6 is 15.9 Å². The maximum atomic E-state index is 11.0. The summed E-state index contributed by atoms with van der Waals surface area (Å²) in [5.74, 6) is 1.13. The van der Waals surface area contributed by atoms with E-state index in [1.807, 2.05) is 0 Å². The third-order valence-electron chi connectivity index (χ3n) is 3.83. The molecule has 0 unspecified atom stereocenters. The Morgan fingerprint density at radius 1 is 1.25 bits per heavy atom. The number of aromatic nitrogens is 1. The van der Waals surface area contributed by atoms with Gasteiger partial charge in [0.2, 0.25) is 17.4 Å². The summed E-state index contributed by atoms with van der Waals surface area (Å²) < 4.78 is 12.3. The van der Waals surface area contributed by atoms with Gasteiger partial charge in [-0.2, -0.15) is 4.98 Å². The molecule has 1 heterocycles. The highest BCUT2D eigenvalue weighted by Crippen LogP contribution is 2.33. The molecule has 24 heavy (non-hydrogen) atoms. The van der Waals surface area contributed by atoms with Gasteiger partial charge in [0, 0.05) is 10.0 Å². The molecule has 0 radical (unpaired) electrons. The van der Waals surface area contributed by atoms with Crippen molar-refractivity contribution < 1.29 is 14.3 Å². The summed E-state index contributed by atoms with van der Waals surface area (Å²) >= 11 is 3.30. The number of halogens is 1. The van der Waals surface area contributed by atoms with Gasteiger partial charge >= 0.3 is 0 Å². The van der Waals surface area contributed by atoms with Crippen LogP contribution in [0.4, 0.5) is 5.69 Å². The summed E-state index contributed by atoms with van der Waals surface area (Å²) in [6.07, 6.45) is 5.12. The van der Waals surface area contributed by atoms with Crippen molar-refractivity contribution in [2.75, 3.05) is 0 Å². The Labute approximate surface area is 148 Å². The molecule has 0 N–H and O–H groups in total. The normalized spacial score (nSPS) is 14.2. The highest BCUT2D eigenvalue weighted by molar-refractivity contribution is 9.10. The molecule has 122 valence electrons. The van der Waals surface area contributed by atoms with E-state index in [4.69, 9.17) is 16.0 Å². The maximum Gasteiger partial charge on any atom is 0.247 e. The second-order valence-corrected chi connectivity index (χ2v) is 6.37. The molecule has 6 heteroatoms. The highest BCUT2D eigenvalue weighted by atomic mass is 79.9. The fraction of sp³-hybridized carbons (Fsp3) is 0.278. The first-order chi connectivity index (χ1) is 11.7. The second-order valence-electron chi connectivity index (χ2n) is 5.51. The Bertz CT molecular complexity index is 795. The molecule has 0 amide bonds. The van der Waals surface area contributed by atoms with Crippen LogP contribution in [0.1, 0.15) is 36.0 Å². The molecule has 1 aliphatic rings. The Kier molecular flexibility index (Phi) is 5.11. The van der Waals surface area contributed by atoms with Crippen LogP contribution in [-0.4, -0.2) is 17.4 Å². The van der Waals surface area contributed by atoms with E-state index >= 15 is 0 Å². The molecule has 1 aromatic heterocycles. The van der Waals surface area contributed by atoms with Crippen LogP contribution in [0.5, 0.6) is 17.5 Å². The van der Waals surface area contributed by atoms with Gasteiger partial charge in [-0.3, -0.25) is 4.79 Å². The number of hydrogen-bond acceptors (Lipinski definition) is 4. The summed E-state index contributed by atoms with van der Waals surface area (Å²) in [7, 11) is 0. The minimum absolute atomic E-state index is 0.114. The largest absolute Gasteiger partial charge is 0.483 e. The number of carbonyl (C=O) groups excluding carboxylic acids is 1. The monoisotopic (exact) mass is 386 g/mol. The van der Waals surface area contributed by atoms with E-state index in [0.717, 1.165) is 32.0 Å². The third kappa shape index (κ3) is 3.74. The molecule has 5 nitrogen and oxygen atoms in total. The lowest BCUT2D eigenvalue weighted by molar-refractivity contribution is 0.112. The first kappa shape index (κ1) is 16.5. The van der Waals surface area contributed by atoms with E-state index in [9.17, 15) is 4.79 Å². The summed E-state index contributed by atoms with van der Waals surface area (Å²) in [6.45, 7) is 7.25. The van der Waals surface area contributed by atoms with E-state index in [-0.39, 0.29) is 6.10 Å². The van der Waals surface area contributed by atoms with Crippen LogP contribution in [0, 0.1) is 6.57 Å². The van der Waals surface area contributed by atoms with Gasteiger partial charge in [0.25, 0.3) is 0 Å². The van der Waals surface area contributed by atoms with Crippen molar-refractivity contribution in [3.8, 4) is 17.5 Å². The maximum absolute atomic E-state index is 11.0. The van der Waals surface area contributed by atoms with Gasteiger partial charge in [-0.1, -0.05) is 15.9 Å². The first-order valence-corrected chi connectivity index (χ1v) is 8.46. The quantitative estimate of drug-likeness (QED) is 0.515. The predicted molar refractivity (Wildman–Crippen MR) is 93.0 cm³/mol. The van der Waals surface area contributed by atoms with Gasteiger partial charge in [0.1, 0.15) is 5.75 Å². The van der Waals surface area contributed by atoms with Crippen LogP contribution in [0.3, 0.4) is 0 Å². The van der Waals surface area contributed by atoms with Crippen molar-refractivity contribution in [2.45, 2.75) is 31.8 Å². The average molecular weight is 387 g/mol. The number of pyridine rings is 1. The smallest absolute Gasteiger partial charge is 0.247 e. The number of hydrogen-bond donors (Lipinski definition) is 0. The van der Waals surface area contributed by atoms with E-state index in [2.05, 4.69) is 25.8 Å². The molecule has 0 bridgehead atoms. The topological polar surface area (TPSA) is 52.8 Å². The minimum atomic E-state index is 0.114. The standard InChI is InChI=1S/C18H15BrN2O3/c1-20-16-8-9-17(21-18(16)24-13-4-2-3-5-13)23-14-6-7-15(19)12(10-14)11-22/h6-11,13H,2-5H2. The van der Waals surface area contributed by atoms with Gasteiger partial charge in [0.15, 0.2) is 6.29 Å². The van der Waals surface area contributed by atoms with Gasteiger partial charge in [0.05, 0.1) is 12.7 Å². The van der Waals surface area contributed by atoms with Crippen molar-refractivity contribution >= 4 is 27.9 Å². The molecule has 1 saturated carbocycles. The Hall–Kier alpha value is -2.39. The zero-order chi connectivity index (χ0) is 16.9. The molecule has 0 atom stereocenters. The number of ether oxygens (including phenoxy) is 2. The van der Waals surface area contributed by atoms with Crippen molar-refractivity contribution in [1.29, 1.82) is 0 Å². The molecule has 1 fully saturated rings. The fourth-order valence-corrected chi connectivity index (χ4v) is 2.95. The number of carbonyl (C=O) groups is 1. The van der Waals surface area contributed by atoms with Gasteiger partial charge in [-0.15, -0.1) is 0 Å². The Morgan fingerprint density at radius 2 is 2.04 bits per heavy atom. The van der Waals surface area contributed by atoms with Crippen molar-refractivity contribution in [3.63, 3.8) is 0 Å². The molecule has 0 aliphatic heterocycles. The van der Waals surface area contributed by atoms with Gasteiger partial charge in [-0.05, 0) is 56.0 Å². The molecule has 1 aliphatic carbocycles. The lowest BCUT2D eigenvalue weighted by atomic mass is 10.2. The van der Waals surface area contributed by atoms with Crippen LogP contribution in [0.15, 0.2) is 34.8 Å². The van der Waals surface area contributed by atoms with Gasteiger partial charge < -0.3 is 9.47 Å². The van der Waals surface area contributed by atoms with E-state index in [1.165, 1.54) is 0 Å². The molecular formula is C18H15BrN2O3. The van der Waals surface area contributed by atoms with Crippen LogP contribution in [0.25, 0.3) is 4.85 Å². The predicted octanol–water partition coefficient (Wildman–Crippen LogP) is 5.32. The lowest BCUT2D eigenvalue weighted by Gasteiger charge is -2.14. The summed E-state index contributed by atoms with van der Waals surface area (Å²) in [5, 5.41) is 0. The van der Waals surface area contributed by atoms with Crippen LogP contribution in [0.2, 0.25) is 0 Å². The van der Waals surface area contributed by atoms with Gasteiger partial charge in [-0.25, -0.2) is 4.85 Å². The van der Waals surface area contributed by atoms with Crippen molar-refractivity contribution in [2.24, 2.45) is 0 Å². The van der Waals surface area contributed by atoms with Crippen molar-refractivity contribution in [3.05, 3.63) is 51.8 Å². The first-order valence-electron chi connectivity index (χ1n) is 7.67. The average Bonchev–Trinajstić information content (AvgIpc) is 3.10. The number of rotatable bonds is 5. The number of benzene rings is 1. The van der Waals surface area contributed by atoms with E-state index in [0.29, 0.717) is 33.2 Å². The zero-order valence-electron chi connectivity index (χ0n) is 12.9. The molecular weight excluding hydrogens is 372 g/mol. The number of aldehydes is 1. The van der Waals surface area contributed by atoms with E-state index < -0.39 is 0 Å². The lowest BCUT2D eigenvalue weighted by Crippen LogP contribution is -2.12. The zero-order valence-corrected chi connectivity index (χ0v) is 14.5. The van der Waals surface area contributed by atoms with Crippen LogP contribution in [-0.2, 0) is 0 Å². The third-order valence-corrected chi connectivity index (χ3v) is 4.55. The molecule has 1 aromatic carbocycles. The molecule has 0 saturated heterocycles.